The van der Waals surface area contributed by atoms with E-state index in [4.69, 9.17) is 32.5 Å². The summed E-state index contributed by atoms with van der Waals surface area (Å²) in [5.74, 6) is -6.63. The summed E-state index contributed by atoms with van der Waals surface area (Å²) >= 11 is 0. The number of amides is 3. The number of hydrogen-bond acceptors (Lipinski definition) is 8. The van der Waals surface area contributed by atoms with Crippen LogP contribution in [-0.4, -0.2) is 99.1 Å². The summed E-state index contributed by atoms with van der Waals surface area (Å²) in [6.07, 6.45) is -0.499. The first kappa shape index (κ1) is 30.1. The predicted molar refractivity (Wildman–Crippen MR) is 123 cm³/mol. The molecule has 3 amide bonds. The third kappa shape index (κ3) is 10.1. The van der Waals surface area contributed by atoms with E-state index in [1.165, 1.54) is 0 Å². The molecule has 0 aromatic heterocycles. The Morgan fingerprint density at radius 2 is 1.64 bits per heavy atom. The van der Waals surface area contributed by atoms with Gasteiger partial charge in [-0.2, -0.15) is 0 Å². The molecule has 202 valence electrons. The van der Waals surface area contributed by atoms with Crippen molar-refractivity contribution in [3.8, 4) is 0 Å². The molecule has 4 atom stereocenters. The zero-order valence-electron chi connectivity index (χ0n) is 19.6. The minimum atomic E-state index is -1.70. The molecule has 1 aliphatic rings. The summed E-state index contributed by atoms with van der Waals surface area (Å²) in [6.45, 7) is 0.325. The molecule has 16 heteroatoms. The van der Waals surface area contributed by atoms with Crippen LogP contribution in [0.5, 0.6) is 0 Å². The van der Waals surface area contributed by atoms with Crippen LogP contribution in [0, 0.1) is 0 Å². The van der Waals surface area contributed by atoms with E-state index in [1.807, 2.05) is 0 Å². The SMILES string of the molecule is NC(N)=NCCCC(N)C(=O)NC(CCC(=O)O)C(=O)N1CCCC1C(=O)NC(CC(=O)O)C(=O)O. The average Bonchev–Trinajstić information content (AvgIpc) is 3.27. The summed E-state index contributed by atoms with van der Waals surface area (Å²) in [5.41, 5.74) is 16.3. The van der Waals surface area contributed by atoms with E-state index in [-0.39, 0.29) is 38.3 Å². The van der Waals surface area contributed by atoms with Crippen molar-refractivity contribution in [2.75, 3.05) is 13.1 Å². The summed E-state index contributed by atoms with van der Waals surface area (Å²) in [5, 5.41) is 31.6. The van der Waals surface area contributed by atoms with Crippen molar-refractivity contribution < 1.29 is 44.1 Å². The number of hydrogen-bond donors (Lipinski definition) is 8. The fourth-order valence-corrected chi connectivity index (χ4v) is 3.60. The Bertz CT molecular complexity index is 876. The molecule has 0 aromatic rings. The lowest BCUT2D eigenvalue weighted by Gasteiger charge is -2.29. The zero-order valence-corrected chi connectivity index (χ0v) is 19.6. The van der Waals surface area contributed by atoms with Crippen LogP contribution < -0.4 is 27.8 Å². The van der Waals surface area contributed by atoms with Crippen molar-refractivity contribution in [1.29, 1.82) is 0 Å². The highest BCUT2D eigenvalue weighted by Crippen LogP contribution is 2.20. The third-order valence-corrected chi connectivity index (χ3v) is 5.40. The molecule has 0 radical (unpaired) electrons. The van der Waals surface area contributed by atoms with Gasteiger partial charge in [0.15, 0.2) is 5.96 Å². The molecular weight excluding hydrogens is 482 g/mol. The first-order valence-corrected chi connectivity index (χ1v) is 11.2. The molecule has 0 spiro atoms. The van der Waals surface area contributed by atoms with Gasteiger partial charge in [-0.1, -0.05) is 0 Å². The van der Waals surface area contributed by atoms with Gasteiger partial charge in [0.2, 0.25) is 17.7 Å². The molecule has 1 heterocycles. The molecule has 1 fully saturated rings. The van der Waals surface area contributed by atoms with Gasteiger partial charge in [-0.25, -0.2) is 4.79 Å². The maximum atomic E-state index is 13.2. The second kappa shape index (κ2) is 14.4. The lowest BCUT2D eigenvalue weighted by molar-refractivity contribution is -0.148. The number of rotatable bonds is 15. The number of carboxylic acid groups (broad SMARTS) is 3. The lowest BCUT2D eigenvalue weighted by Crippen LogP contribution is -2.57. The minimum Gasteiger partial charge on any atom is -0.481 e. The molecule has 1 aliphatic heterocycles. The normalized spacial score (nSPS) is 17.4. The van der Waals surface area contributed by atoms with Crippen molar-refractivity contribution in [3.05, 3.63) is 0 Å². The maximum Gasteiger partial charge on any atom is 0.326 e. The first-order valence-electron chi connectivity index (χ1n) is 11.2. The van der Waals surface area contributed by atoms with Crippen molar-refractivity contribution >= 4 is 41.6 Å². The Morgan fingerprint density at radius 3 is 2.19 bits per heavy atom. The molecule has 36 heavy (non-hydrogen) atoms. The van der Waals surface area contributed by atoms with Gasteiger partial charge in [0.25, 0.3) is 0 Å². The van der Waals surface area contributed by atoms with Gasteiger partial charge in [-0.05, 0) is 32.1 Å². The largest absolute Gasteiger partial charge is 0.481 e. The molecular formula is C20H33N7O9. The molecule has 1 rings (SSSR count). The van der Waals surface area contributed by atoms with Crippen LogP contribution in [-0.2, 0) is 28.8 Å². The summed E-state index contributed by atoms with van der Waals surface area (Å²) in [7, 11) is 0. The Balaban J connectivity index is 2.92. The molecule has 11 N–H and O–H groups in total. The Hall–Kier alpha value is -3.95. The van der Waals surface area contributed by atoms with Crippen molar-refractivity contribution in [1.82, 2.24) is 15.5 Å². The van der Waals surface area contributed by atoms with Crippen molar-refractivity contribution in [3.63, 3.8) is 0 Å². The van der Waals surface area contributed by atoms with Crippen LogP contribution >= 0.6 is 0 Å². The van der Waals surface area contributed by atoms with Gasteiger partial charge in [0.1, 0.15) is 18.1 Å². The molecule has 0 bridgehead atoms. The highest BCUT2D eigenvalue weighted by atomic mass is 16.4. The van der Waals surface area contributed by atoms with Gasteiger partial charge < -0.3 is 48.1 Å². The first-order chi connectivity index (χ1) is 16.8. The second-order valence-electron chi connectivity index (χ2n) is 8.24. The van der Waals surface area contributed by atoms with E-state index in [9.17, 15) is 28.8 Å². The number of aliphatic carboxylic acids is 3. The van der Waals surface area contributed by atoms with Gasteiger partial charge in [0.05, 0.1) is 12.5 Å². The van der Waals surface area contributed by atoms with E-state index in [0.717, 1.165) is 4.90 Å². The number of nitrogens with two attached hydrogens (primary N) is 3. The van der Waals surface area contributed by atoms with Gasteiger partial charge >= 0.3 is 17.9 Å². The van der Waals surface area contributed by atoms with E-state index in [0.29, 0.717) is 12.8 Å². The van der Waals surface area contributed by atoms with Crippen LogP contribution in [0.15, 0.2) is 4.99 Å². The fourth-order valence-electron chi connectivity index (χ4n) is 3.60. The van der Waals surface area contributed by atoms with Gasteiger partial charge in [-0.3, -0.25) is 29.0 Å². The summed E-state index contributed by atoms with van der Waals surface area (Å²) < 4.78 is 0. The Morgan fingerprint density at radius 1 is 0.972 bits per heavy atom. The predicted octanol–water partition coefficient (Wildman–Crippen LogP) is -3.25. The highest BCUT2D eigenvalue weighted by Gasteiger charge is 2.39. The number of carboxylic acids is 3. The number of likely N-dealkylation sites (tertiary alicyclic amines) is 1. The average molecular weight is 516 g/mol. The van der Waals surface area contributed by atoms with Gasteiger partial charge in [-0.15, -0.1) is 0 Å². The van der Waals surface area contributed by atoms with Crippen LogP contribution in [0.4, 0.5) is 0 Å². The smallest absolute Gasteiger partial charge is 0.326 e. The van der Waals surface area contributed by atoms with Crippen molar-refractivity contribution in [2.24, 2.45) is 22.2 Å². The van der Waals surface area contributed by atoms with Gasteiger partial charge in [0, 0.05) is 19.5 Å². The zero-order chi connectivity index (χ0) is 27.4. The van der Waals surface area contributed by atoms with E-state index >= 15 is 0 Å². The van der Waals surface area contributed by atoms with Crippen LogP contribution in [0.3, 0.4) is 0 Å². The third-order valence-electron chi connectivity index (χ3n) is 5.40. The lowest BCUT2D eigenvalue weighted by atomic mass is 10.1. The summed E-state index contributed by atoms with van der Waals surface area (Å²) in [4.78, 5) is 76.6. The Kier molecular flexibility index (Phi) is 12.1. The van der Waals surface area contributed by atoms with Crippen LogP contribution in [0.1, 0.15) is 44.9 Å². The summed E-state index contributed by atoms with van der Waals surface area (Å²) in [6, 6.07) is -5.16. The van der Waals surface area contributed by atoms with Crippen molar-refractivity contribution in [2.45, 2.75) is 69.1 Å². The molecule has 1 saturated heterocycles. The number of nitrogens with one attached hydrogen (secondary N) is 2. The molecule has 4 unspecified atom stereocenters. The standard InChI is InChI=1S/C20H33N7O9/c21-10(3-1-7-24-20(22)23)16(32)25-11(5-6-14(28)29)18(34)27-8-2-4-13(27)17(33)26-12(19(35)36)9-15(30)31/h10-13H,1-9,21H2,(H,25,32)(H,26,33)(H,28,29)(H,30,31)(H,35,36)(H4,22,23,24). The maximum absolute atomic E-state index is 13.2. The fraction of sp³-hybridized carbons (Fsp3) is 0.650. The van der Waals surface area contributed by atoms with E-state index in [2.05, 4.69) is 15.6 Å². The number of nitrogens with zero attached hydrogens (tertiary/aromatic N) is 2. The topological polar surface area (TPSA) is 281 Å². The Labute approximate surface area is 206 Å². The number of carbonyl (C=O) groups is 6. The van der Waals surface area contributed by atoms with Crippen LogP contribution in [0.2, 0.25) is 0 Å². The van der Waals surface area contributed by atoms with E-state index in [1.54, 1.807) is 0 Å². The minimum absolute atomic E-state index is 0.0948. The molecule has 0 aromatic carbocycles. The molecule has 0 saturated carbocycles. The monoisotopic (exact) mass is 515 g/mol. The quantitative estimate of drug-likeness (QED) is 0.0606. The molecule has 16 nitrogen and oxygen atoms in total. The molecule has 0 aliphatic carbocycles. The number of aliphatic imine (C=N–C) groups is 1. The van der Waals surface area contributed by atoms with E-state index < -0.39 is 72.6 Å². The number of guanidine groups is 1. The highest BCUT2D eigenvalue weighted by molar-refractivity contribution is 5.95. The number of carbonyl (C=O) groups excluding carboxylic acids is 3. The second-order valence-corrected chi connectivity index (χ2v) is 8.24. The van der Waals surface area contributed by atoms with Crippen LogP contribution in [0.25, 0.3) is 0 Å².